The Labute approximate surface area is 387 Å². The summed E-state index contributed by atoms with van der Waals surface area (Å²) >= 11 is 0. The number of nitrogens with two attached hydrogens (primary N) is 1. The number of unbranched alkanes of at least 4 members (excludes halogenated alkanes) is 5. The number of methoxy groups -OCH3 is 1. The number of rotatable bonds is 33. The molecular formula is C44H71N8O13P. The van der Waals surface area contributed by atoms with Gasteiger partial charge in [-0.2, -0.15) is 0 Å². The predicted octanol–water partition coefficient (Wildman–Crippen LogP) is 1.56. The largest absolute Gasteiger partial charge is 0.472 e. The number of ether oxygens (including phenoxy) is 2. The molecule has 1 aromatic carbocycles. The number of primary amides is 1. The number of nitrogens with zero attached hydrogens (tertiary/aromatic N) is 2. The Bertz CT molecular complexity index is 1840. The summed E-state index contributed by atoms with van der Waals surface area (Å²) in [6.45, 7) is 5.06. The average Bonchev–Trinajstić information content (AvgIpc) is 3.99. The van der Waals surface area contributed by atoms with Gasteiger partial charge in [-0.15, -0.1) is 0 Å². The first-order chi connectivity index (χ1) is 31.5. The number of aromatic nitrogens is 2. The van der Waals surface area contributed by atoms with E-state index in [1.807, 2.05) is 32.0 Å². The summed E-state index contributed by atoms with van der Waals surface area (Å²) < 4.78 is 33.4. The molecule has 21 nitrogen and oxygen atoms in total. The summed E-state index contributed by atoms with van der Waals surface area (Å²) in [4.78, 5) is 98.9. The number of aromatic amines is 1. The third-order valence-electron chi connectivity index (χ3n) is 10.9. The zero-order valence-electron chi connectivity index (χ0n) is 38.6. The first-order valence-electron chi connectivity index (χ1n) is 22.7. The Hall–Kier alpha value is -4.76. The lowest BCUT2D eigenvalue weighted by atomic mass is 10.0. The fraction of sp³-hybridized carbons (Fsp3) is 0.659. The van der Waals surface area contributed by atoms with Crippen LogP contribution < -0.4 is 27.0 Å². The van der Waals surface area contributed by atoms with E-state index in [9.17, 15) is 43.3 Å². The van der Waals surface area contributed by atoms with Crippen LogP contribution in [0.3, 0.4) is 0 Å². The van der Waals surface area contributed by atoms with E-state index >= 15 is 0 Å². The number of aliphatic hydroxyl groups excluding tert-OH is 1. The Morgan fingerprint density at radius 3 is 2.20 bits per heavy atom. The summed E-state index contributed by atoms with van der Waals surface area (Å²) in [6, 6.07) is 3.48. The fourth-order valence-corrected chi connectivity index (χ4v) is 8.32. The molecule has 370 valence electrons. The summed E-state index contributed by atoms with van der Waals surface area (Å²) in [5, 5.41) is 20.2. The van der Waals surface area contributed by atoms with Crippen molar-refractivity contribution in [3.63, 3.8) is 0 Å². The second-order valence-corrected chi connectivity index (χ2v) is 18.1. The maximum atomic E-state index is 13.9. The lowest BCUT2D eigenvalue weighted by Gasteiger charge is -2.29. The van der Waals surface area contributed by atoms with E-state index < -0.39 is 80.3 Å². The average molecular weight is 951 g/mol. The van der Waals surface area contributed by atoms with E-state index in [0.29, 0.717) is 44.7 Å². The third kappa shape index (κ3) is 20.4. The third-order valence-corrected chi connectivity index (χ3v) is 12.0. The number of hydrogen-bond donors (Lipinski definition) is 8. The molecule has 22 heteroatoms. The van der Waals surface area contributed by atoms with Crippen LogP contribution >= 0.6 is 7.82 Å². The zero-order chi connectivity index (χ0) is 48.5. The number of phosphoric acid groups is 1. The van der Waals surface area contributed by atoms with Gasteiger partial charge in [-0.25, -0.2) is 9.55 Å². The van der Waals surface area contributed by atoms with Crippen molar-refractivity contribution in [3.05, 3.63) is 54.1 Å². The van der Waals surface area contributed by atoms with Gasteiger partial charge in [0.2, 0.25) is 35.4 Å². The number of hydrogen-bond acceptors (Lipinski definition) is 13. The second-order valence-electron chi connectivity index (χ2n) is 16.7. The number of imidazole rings is 1. The number of phosphoric ester groups is 1. The van der Waals surface area contributed by atoms with Crippen molar-refractivity contribution in [2.45, 2.75) is 134 Å². The molecule has 6 amide bonds. The van der Waals surface area contributed by atoms with E-state index in [-0.39, 0.29) is 44.3 Å². The smallest absolute Gasteiger partial charge is 0.394 e. The molecule has 0 spiro atoms. The first kappa shape index (κ1) is 55.6. The van der Waals surface area contributed by atoms with Gasteiger partial charge in [-0.3, -0.25) is 37.8 Å². The minimum absolute atomic E-state index is 0.0630. The highest BCUT2D eigenvalue weighted by Gasteiger charge is 2.38. The highest BCUT2D eigenvalue weighted by Crippen LogP contribution is 2.45. The van der Waals surface area contributed by atoms with Gasteiger partial charge in [-0.05, 0) is 56.9 Å². The molecule has 1 aliphatic rings. The van der Waals surface area contributed by atoms with Gasteiger partial charge >= 0.3 is 7.82 Å². The molecular weight excluding hydrogens is 880 g/mol. The molecule has 0 aliphatic carbocycles. The summed E-state index contributed by atoms with van der Waals surface area (Å²) in [6.07, 6.45) is 8.61. The van der Waals surface area contributed by atoms with Crippen molar-refractivity contribution in [1.82, 2.24) is 36.1 Å². The van der Waals surface area contributed by atoms with Crippen molar-refractivity contribution >= 4 is 43.3 Å². The van der Waals surface area contributed by atoms with Crippen LogP contribution in [0.15, 0.2) is 42.9 Å². The van der Waals surface area contributed by atoms with Gasteiger partial charge in [0.15, 0.2) is 0 Å². The molecule has 0 radical (unpaired) electrons. The zero-order valence-corrected chi connectivity index (χ0v) is 39.5. The minimum atomic E-state index is -4.72. The van der Waals surface area contributed by atoms with Crippen LogP contribution in [-0.2, 0) is 64.7 Å². The van der Waals surface area contributed by atoms with Crippen LogP contribution in [0.4, 0.5) is 0 Å². The summed E-state index contributed by atoms with van der Waals surface area (Å²) in [7, 11) is -3.18. The molecule has 0 bridgehead atoms. The molecule has 2 heterocycles. The molecule has 1 unspecified atom stereocenters. The molecule has 7 atom stereocenters. The van der Waals surface area contributed by atoms with Crippen LogP contribution in [0.2, 0.25) is 0 Å². The lowest BCUT2D eigenvalue weighted by molar-refractivity contribution is -0.140. The van der Waals surface area contributed by atoms with Gasteiger partial charge in [0.25, 0.3) is 0 Å². The number of benzene rings is 1. The SMILES string of the molecule is COCCOCCC(=O)N1CCC[C@H]1C(=O)N[C@@H](CC(C)C)C(=O)N[C@@H](Cc1cnc[nH]1)C(=O)N[C@@H](CO)C(=O)N[C@H](C(N)=O)[C@@H](C)OP(=O)(O)OCCCCCCCCc1ccccc1. The number of amides is 6. The number of H-pyrrole nitrogens is 1. The van der Waals surface area contributed by atoms with Gasteiger partial charge in [0, 0.05) is 32.0 Å². The van der Waals surface area contributed by atoms with Crippen LogP contribution in [0, 0.1) is 5.92 Å². The fourth-order valence-electron chi connectivity index (χ4n) is 7.36. The molecule has 66 heavy (non-hydrogen) atoms. The van der Waals surface area contributed by atoms with Crippen molar-refractivity contribution in [3.8, 4) is 0 Å². The molecule has 1 saturated heterocycles. The van der Waals surface area contributed by atoms with E-state index in [2.05, 4.69) is 43.4 Å². The predicted molar refractivity (Wildman–Crippen MR) is 242 cm³/mol. The molecule has 1 aliphatic heterocycles. The standard InChI is InChI=1S/C44H71N8O13P/c1-30(2)25-34(49-44(59)37-18-14-20-52(37)38(54)19-22-63-24-23-62-4)41(56)48-35(26-33-27-46-29-47-33)42(57)50-36(28-53)43(58)51-39(40(45)55)31(3)65-66(60,61)64-21-13-8-6-5-7-10-15-32-16-11-9-12-17-32/h9,11-12,16-17,27,29-31,34-37,39,53H,5-8,10,13-15,18-26,28H2,1-4H3,(H2,45,55)(H,46,47)(H,48,56)(H,49,59)(H,50,57)(H,51,58)(H,60,61)/t31-,34+,35+,36+,37+,39+/m1/s1. The van der Waals surface area contributed by atoms with Crippen LogP contribution in [-0.4, -0.2) is 143 Å². The lowest BCUT2D eigenvalue weighted by Crippen LogP contribution is -2.61. The number of likely N-dealkylation sites (tertiary alicyclic amines) is 1. The summed E-state index contributed by atoms with van der Waals surface area (Å²) in [5.74, 6) is -4.80. The Balaban J connectivity index is 1.58. The number of aryl methyl sites for hydroxylation is 1. The summed E-state index contributed by atoms with van der Waals surface area (Å²) in [5.41, 5.74) is 7.24. The monoisotopic (exact) mass is 950 g/mol. The number of carbonyl (C=O) groups excluding carboxylic acids is 6. The molecule has 9 N–H and O–H groups in total. The minimum Gasteiger partial charge on any atom is -0.394 e. The topological polar surface area (TPSA) is 303 Å². The van der Waals surface area contributed by atoms with Gasteiger partial charge in [-0.1, -0.05) is 69.9 Å². The number of aliphatic hydroxyl groups is 1. The van der Waals surface area contributed by atoms with E-state index in [0.717, 1.165) is 38.5 Å². The van der Waals surface area contributed by atoms with E-state index in [4.69, 9.17) is 24.3 Å². The van der Waals surface area contributed by atoms with E-state index in [1.165, 1.54) is 37.0 Å². The normalized spacial score (nSPS) is 17.0. The number of carbonyl (C=O) groups is 6. The van der Waals surface area contributed by atoms with Crippen molar-refractivity contribution in [2.75, 3.05) is 46.7 Å². The van der Waals surface area contributed by atoms with Gasteiger partial charge in [0.1, 0.15) is 30.2 Å². The second kappa shape index (κ2) is 29.8. The highest BCUT2D eigenvalue weighted by atomic mass is 31.2. The maximum absolute atomic E-state index is 13.9. The van der Waals surface area contributed by atoms with Crippen molar-refractivity contribution in [1.29, 1.82) is 0 Å². The maximum Gasteiger partial charge on any atom is 0.472 e. The first-order valence-corrected chi connectivity index (χ1v) is 24.2. The van der Waals surface area contributed by atoms with Gasteiger partial charge < -0.3 is 56.4 Å². The Morgan fingerprint density at radius 2 is 1.55 bits per heavy atom. The molecule has 2 aromatic rings. The Kier molecular flexibility index (Phi) is 25.1. The van der Waals surface area contributed by atoms with Crippen molar-refractivity contribution in [2.24, 2.45) is 11.7 Å². The molecule has 3 rings (SSSR count). The number of nitrogens with one attached hydrogen (secondary N) is 5. The quantitative estimate of drug-likeness (QED) is 0.0372. The van der Waals surface area contributed by atoms with Crippen LogP contribution in [0.1, 0.15) is 96.2 Å². The van der Waals surface area contributed by atoms with Gasteiger partial charge in [0.05, 0.1) is 51.9 Å². The van der Waals surface area contributed by atoms with Crippen LogP contribution in [0.5, 0.6) is 0 Å². The van der Waals surface area contributed by atoms with E-state index in [1.54, 1.807) is 0 Å². The Morgan fingerprint density at radius 1 is 0.879 bits per heavy atom. The van der Waals surface area contributed by atoms with Crippen LogP contribution in [0.25, 0.3) is 0 Å². The molecule has 1 aromatic heterocycles. The highest BCUT2D eigenvalue weighted by molar-refractivity contribution is 7.47. The van der Waals surface area contributed by atoms with Crippen molar-refractivity contribution < 1.29 is 61.9 Å². The molecule has 0 saturated carbocycles. The molecule has 1 fully saturated rings.